The summed E-state index contributed by atoms with van der Waals surface area (Å²) >= 11 is 0. The standard InChI is InChI=1S/C16H23F2N/c1-3-19-15(16(2)8-4-5-9-16)11-12-10-13(17)6-7-14(12)18/h6-7,10,15,19H,3-5,8-9,11H2,1-2H3. The lowest BCUT2D eigenvalue weighted by Gasteiger charge is -2.35. The third-order valence-electron chi connectivity index (χ3n) is 4.47. The van der Waals surface area contributed by atoms with Crippen LogP contribution in [0.1, 0.15) is 45.1 Å². The van der Waals surface area contributed by atoms with Gasteiger partial charge in [0.1, 0.15) is 11.6 Å². The summed E-state index contributed by atoms with van der Waals surface area (Å²) in [5.41, 5.74) is 0.688. The molecule has 0 aliphatic heterocycles. The van der Waals surface area contributed by atoms with E-state index in [1.165, 1.54) is 43.9 Å². The Morgan fingerprint density at radius 1 is 1.26 bits per heavy atom. The Morgan fingerprint density at radius 3 is 2.58 bits per heavy atom. The summed E-state index contributed by atoms with van der Waals surface area (Å²) in [6.07, 6.45) is 5.38. The van der Waals surface area contributed by atoms with Gasteiger partial charge in [0.15, 0.2) is 0 Å². The molecule has 106 valence electrons. The first-order valence-electron chi connectivity index (χ1n) is 7.22. The molecule has 0 heterocycles. The van der Waals surface area contributed by atoms with Crippen molar-refractivity contribution in [3.8, 4) is 0 Å². The van der Waals surface area contributed by atoms with E-state index in [0.29, 0.717) is 12.0 Å². The maximum atomic E-state index is 13.8. The second-order valence-electron chi connectivity index (χ2n) is 5.91. The minimum Gasteiger partial charge on any atom is -0.313 e. The Balaban J connectivity index is 2.18. The number of halogens is 2. The van der Waals surface area contributed by atoms with Crippen LogP contribution < -0.4 is 5.32 Å². The molecule has 19 heavy (non-hydrogen) atoms. The van der Waals surface area contributed by atoms with E-state index in [1.54, 1.807) is 0 Å². The summed E-state index contributed by atoms with van der Waals surface area (Å²) in [5.74, 6) is -0.658. The first-order chi connectivity index (χ1) is 9.05. The Bertz CT molecular complexity index is 425. The Hall–Kier alpha value is -0.960. The predicted molar refractivity (Wildman–Crippen MR) is 74.1 cm³/mol. The molecule has 1 saturated carbocycles. The van der Waals surface area contributed by atoms with Crippen molar-refractivity contribution >= 4 is 0 Å². The van der Waals surface area contributed by atoms with Crippen LogP contribution >= 0.6 is 0 Å². The van der Waals surface area contributed by atoms with Gasteiger partial charge in [-0.15, -0.1) is 0 Å². The van der Waals surface area contributed by atoms with Crippen LogP contribution in [-0.4, -0.2) is 12.6 Å². The van der Waals surface area contributed by atoms with Crippen molar-refractivity contribution in [3.05, 3.63) is 35.4 Å². The summed E-state index contributed by atoms with van der Waals surface area (Å²) in [6, 6.07) is 3.96. The molecule has 1 unspecified atom stereocenters. The Labute approximate surface area is 114 Å². The van der Waals surface area contributed by atoms with E-state index in [1.807, 2.05) is 0 Å². The van der Waals surface area contributed by atoms with Crippen molar-refractivity contribution in [3.63, 3.8) is 0 Å². The minimum absolute atomic E-state index is 0.203. The summed E-state index contributed by atoms with van der Waals surface area (Å²) in [5, 5.41) is 3.47. The molecule has 0 radical (unpaired) electrons. The number of benzene rings is 1. The van der Waals surface area contributed by atoms with Gasteiger partial charge < -0.3 is 5.32 Å². The molecule has 0 amide bonds. The van der Waals surface area contributed by atoms with Gasteiger partial charge in [-0.2, -0.15) is 0 Å². The van der Waals surface area contributed by atoms with E-state index in [-0.39, 0.29) is 23.1 Å². The van der Waals surface area contributed by atoms with Crippen molar-refractivity contribution in [2.24, 2.45) is 5.41 Å². The van der Waals surface area contributed by atoms with Gasteiger partial charge in [0.05, 0.1) is 0 Å². The van der Waals surface area contributed by atoms with Crippen molar-refractivity contribution < 1.29 is 8.78 Å². The molecule has 0 bridgehead atoms. The molecule has 0 aromatic heterocycles. The molecule has 3 heteroatoms. The fraction of sp³-hybridized carbons (Fsp3) is 0.625. The number of likely N-dealkylation sites (N-methyl/N-ethyl adjacent to an activating group) is 1. The van der Waals surface area contributed by atoms with Gasteiger partial charge in [-0.1, -0.05) is 26.7 Å². The zero-order chi connectivity index (χ0) is 13.9. The highest BCUT2D eigenvalue weighted by Crippen LogP contribution is 2.41. The molecule has 1 N–H and O–H groups in total. The molecule has 1 nitrogen and oxygen atoms in total. The van der Waals surface area contributed by atoms with Crippen LogP contribution in [0.25, 0.3) is 0 Å². The fourth-order valence-corrected chi connectivity index (χ4v) is 3.26. The monoisotopic (exact) mass is 267 g/mol. The Morgan fingerprint density at radius 2 is 1.95 bits per heavy atom. The van der Waals surface area contributed by atoms with Crippen molar-refractivity contribution in [1.82, 2.24) is 5.32 Å². The summed E-state index contributed by atoms with van der Waals surface area (Å²) in [6.45, 7) is 5.19. The van der Waals surface area contributed by atoms with Crippen LogP contribution in [-0.2, 0) is 6.42 Å². The normalized spacial score (nSPS) is 19.6. The van der Waals surface area contributed by atoms with E-state index in [4.69, 9.17) is 0 Å². The van der Waals surface area contributed by atoms with Crippen LogP contribution in [0.15, 0.2) is 18.2 Å². The smallest absolute Gasteiger partial charge is 0.126 e. The predicted octanol–water partition coefficient (Wildman–Crippen LogP) is 4.07. The third kappa shape index (κ3) is 3.33. The van der Waals surface area contributed by atoms with E-state index in [9.17, 15) is 8.78 Å². The number of nitrogens with one attached hydrogen (secondary N) is 1. The van der Waals surface area contributed by atoms with Gasteiger partial charge in [0.2, 0.25) is 0 Å². The number of hydrogen-bond donors (Lipinski definition) is 1. The van der Waals surface area contributed by atoms with Crippen LogP contribution in [0.2, 0.25) is 0 Å². The van der Waals surface area contributed by atoms with Crippen LogP contribution in [0.5, 0.6) is 0 Å². The van der Waals surface area contributed by atoms with Gasteiger partial charge in [0, 0.05) is 6.04 Å². The molecule has 0 saturated heterocycles. The maximum Gasteiger partial charge on any atom is 0.126 e. The van der Waals surface area contributed by atoms with E-state index < -0.39 is 0 Å². The average molecular weight is 267 g/mol. The van der Waals surface area contributed by atoms with Gasteiger partial charge in [-0.05, 0) is 55.0 Å². The third-order valence-corrected chi connectivity index (χ3v) is 4.47. The average Bonchev–Trinajstić information content (AvgIpc) is 2.81. The molecular formula is C16H23F2N. The molecule has 1 aliphatic rings. The second kappa shape index (κ2) is 6.00. The number of rotatable bonds is 5. The molecule has 0 spiro atoms. The van der Waals surface area contributed by atoms with Crippen molar-refractivity contribution in [2.45, 2.75) is 52.0 Å². The molecule has 1 aromatic carbocycles. The minimum atomic E-state index is -0.358. The second-order valence-corrected chi connectivity index (χ2v) is 5.91. The zero-order valence-electron chi connectivity index (χ0n) is 11.8. The largest absolute Gasteiger partial charge is 0.313 e. The first-order valence-corrected chi connectivity index (χ1v) is 7.22. The van der Waals surface area contributed by atoms with E-state index in [0.717, 1.165) is 6.54 Å². The van der Waals surface area contributed by atoms with E-state index >= 15 is 0 Å². The molecule has 1 atom stereocenters. The summed E-state index contributed by atoms with van der Waals surface area (Å²) in [4.78, 5) is 0. The molecule has 1 aliphatic carbocycles. The van der Waals surface area contributed by atoms with Gasteiger partial charge in [0.25, 0.3) is 0 Å². The first kappa shape index (κ1) is 14.4. The lowest BCUT2D eigenvalue weighted by molar-refractivity contribution is 0.220. The summed E-state index contributed by atoms with van der Waals surface area (Å²) in [7, 11) is 0. The topological polar surface area (TPSA) is 12.0 Å². The maximum absolute atomic E-state index is 13.8. The van der Waals surface area contributed by atoms with Crippen LogP contribution in [0.3, 0.4) is 0 Å². The van der Waals surface area contributed by atoms with Crippen LogP contribution in [0, 0.1) is 17.0 Å². The lowest BCUT2D eigenvalue weighted by Crippen LogP contribution is -2.43. The molecule has 1 fully saturated rings. The number of hydrogen-bond acceptors (Lipinski definition) is 1. The lowest BCUT2D eigenvalue weighted by atomic mass is 9.77. The van der Waals surface area contributed by atoms with Crippen LogP contribution in [0.4, 0.5) is 8.78 Å². The van der Waals surface area contributed by atoms with Crippen molar-refractivity contribution in [1.29, 1.82) is 0 Å². The highest BCUT2D eigenvalue weighted by molar-refractivity contribution is 5.20. The molecular weight excluding hydrogens is 244 g/mol. The fourth-order valence-electron chi connectivity index (χ4n) is 3.26. The molecule has 1 aromatic rings. The summed E-state index contributed by atoms with van der Waals surface area (Å²) < 4.78 is 27.1. The zero-order valence-corrected chi connectivity index (χ0v) is 11.8. The van der Waals surface area contributed by atoms with Gasteiger partial charge in [-0.3, -0.25) is 0 Å². The van der Waals surface area contributed by atoms with Gasteiger partial charge >= 0.3 is 0 Å². The highest BCUT2D eigenvalue weighted by atomic mass is 19.1. The quantitative estimate of drug-likeness (QED) is 0.848. The van der Waals surface area contributed by atoms with Gasteiger partial charge in [-0.25, -0.2) is 8.78 Å². The Kier molecular flexibility index (Phi) is 4.56. The SMILES string of the molecule is CCNC(Cc1cc(F)ccc1F)C1(C)CCCC1. The van der Waals surface area contributed by atoms with Crippen molar-refractivity contribution in [2.75, 3.05) is 6.54 Å². The van der Waals surface area contributed by atoms with E-state index in [2.05, 4.69) is 19.2 Å². The highest BCUT2D eigenvalue weighted by Gasteiger charge is 2.36. The molecule has 2 rings (SSSR count).